The summed E-state index contributed by atoms with van der Waals surface area (Å²) in [7, 11) is -8.91. The molecule has 0 aliphatic carbocycles. The van der Waals surface area contributed by atoms with Gasteiger partial charge >= 0.3 is 37.7 Å². The van der Waals surface area contributed by atoms with Gasteiger partial charge in [-0.25, -0.2) is 16.8 Å². The molecule has 9 heteroatoms. The molecule has 0 fully saturated rings. The molecule has 4 aromatic rings. The standard InChI is InChI=1S/2C24H36O3S.Ca/c2*1-3-5-7-9-11-13-20-15-17-22-21(19-20)16-18-24(28(25,26)27)23(22)14-12-10-8-6-4-2;/h2*15-19H,3-14H2,1-2H3,(H,25,26,27);/q;;+2/p-2. The molecule has 0 bridgehead atoms. The quantitative estimate of drug-likeness (QED) is 0.0353. The molecular formula is C48H70CaO6S2. The van der Waals surface area contributed by atoms with Gasteiger partial charge in [-0.3, -0.25) is 0 Å². The minimum Gasteiger partial charge on any atom is -0.744 e. The Kier molecular flexibility index (Phi) is 25.4. The van der Waals surface area contributed by atoms with Gasteiger partial charge in [-0.2, -0.15) is 0 Å². The molecule has 0 saturated heterocycles. The van der Waals surface area contributed by atoms with Gasteiger partial charge in [-0.1, -0.05) is 179 Å². The fraction of sp³-hybridized carbons (Fsp3) is 0.583. The Hall–Kier alpha value is -1.52. The third-order valence-corrected chi connectivity index (χ3v) is 12.9. The first-order valence-electron chi connectivity index (χ1n) is 21.9. The summed E-state index contributed by atoms with van der Waals surface area (Å²) < 4.78 is 70.6. The summed E-state index contributed by atoms with van der Waals surface area (Å²) in [5.74, 6) is 0. The topological polar surface area (TPSA) is 114 Å². The Morgan fingerprint density at radius 3 is 0.982 bits per heavy atom. The minimum absolute atomic E-state index is 0. The van der Waals surface area contributed by atoms with Crippen LogP contribution in [0.3, 0.4) is 0 Å². The zero-order valence-electron chi connectivity index (χ0n) is 35.7. The second-order valence-electron chi connectivity index (χ2n) is 15.8. The van der Waals surface area contributed by atoms with Gasteiger partial charge < -0.3 is 9.11 Å². The van der Waals surface area contributed by atoms with Crippen molar-refractivity contribution >= 4 is 79.5 Å². The van der Waals surface area contributed by atoms with Crippen LogP contribution in [-0.2, 0) is 45.9 Å². The molecule has 0 aliphatic rings. The van der Waals surface area contributed by atoms with Crippen molar-refractivity contribution in [2.45, 2.75) is 192 Å². The van der Waals surface area contributed by atoms with Crippen LogP contribution in [0.4, 0.5) is 0 Å². The number of unbranched alkanes of at least 4 members (excludes halogenated alkanes) is 16. The van der Waals surface area contributed by atoms with Crippen molar-refractivity contribution in [3.05, 3.63) is 82.9 Å². The molecule has 4 aromatic carbocycles. The molecule has 0 aliphatic heterocycles. The van der Waals surface area contributed by atoms with E-state index in [4.69, 9.17) is 0 Å². The van der Waals surface area contributed by atoms with Crippen LogP contribution in [0.25, 0.3) is 21.5 Å². The molecule has 0 heterocycles. The molecule has 0 N–H and O–H groups in total. The van der Waals surface area contributed by atoms with E-state index in [9.17, 15) is 25.9 Å². The van der Waals surface area contributed by atoms with E-state index in [-0.39, 0.29) is 47.5 Å². The van der Waals surface area contributed by atoms with E-state index >= 15 is 0 Å². The first-order valence-corrected chi connectivity index (χ1v) is 24.8. The second-order valence-corrected chi connectivity index (χ2v) is 18.5. The molecule has 6 nitrogen and oxygen atoms in total. The largest absolute Gasteiger partial charge is 2.00 e. The number of hydrogen-bond acceptors (Lipinski definition) is 6. The SMILES string of the molecule is CCCCCCCc1ccc2c(CCCCCCC)c(S(=O)(=O)[O-])ccc2c1.CCCCCCCc1ccc2c(CCCCCCC)c(S(=O)(=O)[O-])ccc2c1.[Ca+2]. The Labute approximate surface area is 376 Å². The van der Waals surface area contributed by atoms with Crippen molar-refractivity contribution in [3.8, 4) is 0 Å². The maximum atomic E-state index is 11.8. The predicted octanol–water partition coefficient (Wildman–Crippen LogP) is 13.2. The molecular weight excluding hydrogens is 777 g/mol. The summed E-state index contributed by atoms with van der Waals surface area (Å²) >= 11 is 0. The number of rotatable bonds is 26. The van der Waals surface area contributed by atoms with Crippen molar-refractivity contribution < 1.29 is 25.9 Å². The maximum Gasteiger partial charge on any atom is 2.00 e. The molecule has 0 aromatic heterocycles. The Morgan fingerprint density at radius 2 is 0.684 bits per heavy atom. The van der Waals surface area contributed by atoms with Crippen LogP contribution in [0.15, 0.2) is 70.5 Å². The maximum absolute atomic E-state index is 11.8. The van der Waals surface area contributed by atoms with Crippen molar-refractivity contribution in [2.24, 2.45) is 0 Å². The van der Waals surface area contributed by atoms with Gasteiger partial charge in [-0.15, -0.1) is 0 Å². The number of aryl methyl sites for hydroxylation is 4. The van der Waals surface area contributed by atoms with Crippen LogP contribution in [0.2, 0.25) is 0 Å². The first-order chi connectivity index (χ1) is 26.9. The number of fused-ring (bicyclic) bond motifs is 2. The monoisotopic (exact) mass is 846 g/mol. The van der Waals surface area contributed by atoms with Gasteiger partial charge in [0.05, 0.1) is 9.79 Å². The number of benzene rings is 4. The van der Waals surface area contributed by atoms with Gasteiger partial charge in [-0.05, 0) is 107 Å². The molecule has 0 radical (unpaired) electrons. The van der Waals surface area contributed by atoms with Crippen LogP contribution < -0.4 is 0 Å². The van der Waals surface area contributed by atoms with Gasteiger partial charge in [0, 0.05) is 0 Å². The summed E-state index contributed by atoms with van der Waals surface area (Å²) in [6.45, 7) is 8.80. The molecule has 0 saturated carbocycles. The van der Waals surface area contributed by atoms with Crippen molar-refractivity contribution in [1.29, 1.82) is 0 Å². The van der Waals surface area contributed by atoms with E-state index in [0.29, 0.717) is 24.0 Å². The van der Waals surface area contributed by atoms with Crippen molar-refractivity contribution in [1.82, 2.24) is 0 Å². The third-order valence-electron chi connectivity index (χ3n) is 11.0. The van der Waals surface area contributed by atoms with E-state index in [2.05, 4.69) is 52.0 Å². The molecule has 0 amide bonds. The summed E-state index contributed by atoms with van der Waals surface area (Å²) in [4.78, 5) is -0.0781. The average molecular weight is 847 g/mol. The fourth-order valence-electron chi connectivity index (χ4n) is 7.82. The normalized spacial score (nSPS) is 11.8. The van der Waals surface area contributed by atoms with Crippen LogP contribution in [0.5, 0.6) is 0 Å². The summed E-state index contributed by atoms with van der Waals surface area (Å²) in [6.07, 6.45) is 27.0. The zero-order chi connectivity index (χ0) is 40.8. The van der Waals surface area contributed by atoms with Crippen LogP contribution >= 0.6 is 0 Å². The Balaban J connectivity index is 0.000000387. The zero-order valence-corrected chi connectivity index (χ0v) is 39.6. The van der Waals surface area contributed by atoms with E-state index in [1.165, 1.54) is 113 Å². The third kappa shape index (κ3) is 18.3. The molecule has 57 heavy (non-hydrogen) atoms. The first kappa shape index (κ1) is 51.6. The van der Waals surface area contributed by atoms with E-state index in [0.717, 1.165) is 72.9 Å². The Bertz CT molecular complexity index is 1830. The molecule has 0 atom stereocenters. The van der Waals surface area contributed by atoms with E-state index in [1.54, 1.807) is 12.1 Å². The van der Waals surface area contributed by atoms with E-state index < -0.39 is 20.2 Å². The van der Waals surface area contributed by atoms with Crippen molar-refractivity contribution in [2.75, 3.05) is 0 Å². The van der Waals surface area contributed by atoms with Crippen LogP contribution in [0, 0.1) is 0 Å². The van der Waals surface area contributed by atoms with Crippen LogP contribution in [-0.4, -0.2) is 63.7 Å². The number of hydrogen-bond donors (Lipinski definition) is 0. The second kappa shape index (κ2) is 28.1. The van der Waals surface area contributed by atoms with E-state index in [1.807, 2.05) is 12.1 Å². The van der Waals surface area contributed by atoms with Gasteiger partial charge in [0.2, 0.25) is 0 Å². The minimum atomic E-state index is -4.46. The molecule has 4 rings (SSSR count). The summed E-state index contributed by atoms with van der Waals surface area (Å²) in [5, 5.41) is 3.92. The van der Waals surface area contributed by atoms with Gasteiger partial charge in [0.25, 0.3) is 0 Å². The molecule has 0 spiro atoms. The Morgan fingerprint density at radius 1 is 0.386 bits per heavy atom. The summed E-state index contributed by atoms with van der Waals surface area (Å²) in [6, 6.07) is 19.2. The fourth-order valence-corrected chi connectivity index (χ4v) is 9.32. The van der Waals surface area contributed by atoms with Crippen LogP contribution in [0.1, 0.15) is 178 Å². The summed E-state index contributed by atoms with van der Waals surface area (Å²) in [5.41, 5.74) is 3.99. The smallest absolute Gasteiger partial charge is 0.744 e. The van der Waals surface area contributed by atoms with Crippen molar-refractivity contribution in [3.63, 3.8) is 0 Å². The molecule has 312 valence electrons. The molecule has 0 unspecified atom stereocenters. The average Bonchev–Trinajstić information content (AvgIpc) is 3.16. The van der Waals surface area contributed by atoms with Gasteiger partial charge in [0.15, 0.2) is 0 Å². The predicted molar refractivity (Wildman–Crippen MR) is 239 cm³/mol. The van der Waals surface area contributed by atoms with Gasteiger partial charge in [0.1, 0.15) is 20.2 Å².